The van der Waals surface area contributed by atoms with Crippen molar-refractivity contribution in [3.05, 3.63) is 18.5 Å². The third-order valence-corrected chi connectivity index (χ3v) is 3.50. The van der Waals surface area contributed by atoms with Crippen molar-refractivity contribution in [3.63, 3.8) is 0 Å². The number of piperidine rings is 1. The van der Waals surface area contributed by atoms with Gasteiger partial charge in [-0.3, -0.25) is 4.68 Å². The molecule has 0 radical (unpaired) electrons. The maximum Gasteiger partial charge on any atom is 0.0489 e. The predicted octanol–water partition coefficient (Wildman–Crippen LogP) is 1.74. The zero-order valence-electron chi connectivity index (χ0n) is 11.7. The van der Waals surface area contributed by atoms with Gasteiger partial charge in [-0.2, -0.15) is 5.10 Å². The molecule has 1 aromatic rings. The van der Waals surface area contributed by atoms with E-state index in [2.05, 4.69) is 29.2 Å². The third kappa shape index (κ3) is 4.42. The van der Waals surface area contributed by atoms with Crippen LogP contribution in [0.1, 0.15) is 33.1 Å². The van der Waals surface area contributed by atoms with Gasteiger partial charge in [0.25, 0.3) is 0 Å². The molecule has 102 valence electrons. The second-order valence-electron chi connectivity index (χ2n) is 5.58. The van der Waals surface area contributed by atoms with Crippen molar-refractivity contribution in [3.8, 4) is 0 Å². The monoisotopic (exact) mass is 250 g/mol. The number of nitrogens with zero attached hydrogens (tertiary/aromatic N) is 3. The van der Waals surface area contributed by atoms with Gasteiger partial charge in [-0.15, -0.1) is 0 Å². The van der Waals surface area contributed by atoms with Gasteiger partial charge in [0, 0.05) is 37.6 Å². The van der Waals surface area contributed by atoms with Crippen LogP contribution in [0.3, 0.4) is 0 Å². The molecule has 4 nitrogen and oxygen atoms in total. The molecule has 2 rings (SSSR count). The SMILES string of the molecule is CC(C)NC1CCCN(CCCn2cccn2)C1. The fraction of sp³-hybridized carbons (Fsp3) is 0.786. The molecule has 0 amide bonds. The Morgan fingerprint density at radius 1 is 1.39 bits per heavy atom. The molecule has 0 saturated carbocycles. The first-order valence-corrected chi connectivity index (χ1v) is 7.20. The first-order valence-electron chi connectivity index (χ1n) is 7.20. The van der Waals surface area contributed by atoms with Crippen LogP contribution in [0.5, 0.6) is 0 Å². The molecular weight excluding hydrogens is 224 g/mol. The van der Waals surface area contributed by atoms with Crippen LogP contribution in [0.15, 0.2) is 18.5 Å². The molecule has 1 fully saturated rings. The minimum Gasteiger partial charge on any atom is -0.311 e. The van der Waals surface area contributed by atoms with Crippen LogP contribution < -0.4 is 5.32 Å². The van der Waals surface area contributed by atoms with Gasteiger partial charge in [0.05, 0.1) is 0 Å². The number of rotatable bonds is 6. The van der Waals surface area contributed by atoms with Crippen LogP contribution in [0.2, 0.25) is 0 Å². The summed E-state index contributed by atoms with van der Waals surface area (Å²) in [5.41, 5.74) is 0. The normalized spacial score (nSPS) is 21.6. The van der Waals surface area contributed by atoms with Crippen LogP contribution in [0.25, 0.3) is 0 Å². The summed E-state index contributed by atoms with van der Waals surface area (Å²) in [5, 5.41) is 7.90. The second-order valence-corrected chi connectivity index (χ2v) is 5.58. The number of hydrogen-bond donors (Lipinski definition) is 1. The Labute approximate surface area is 110 Å². The van der Waals surface area contributed by atoms with Gasteiger partial charge >= 0.3 is 0 Å². The Morgan fingerprint density at radius 3 is 3.00 bits per heavy atom. The van der Waals surface area contributed by atoms with Gasteiger partial charge < -0.3 is 10.2 Å². The maximum absolute atomic E-state index is 4.24. The van der Waals surface area contributed by atoms with Crippen molar-refractivity contribution in [1.29, 1.82) is 0 Å². The highest BCUT2D eigenvalue weighted by molar-refractivity contribution is 4.80. The lowest BCUT2D eigenvalue weighted by molar-refractivity contribution is 0.181. The van der Waals surface area contributed by atoms with Crippen molar-refractivity contribution < 1.29 is 0 Å². The van der Waals surface area contributed by atoms with Crippen LogP contribution >= 0.6 is 0 Å². The number of likely N-dealkylation sites (tertiary alicyclic amines) is 1. The molecule has 1 atom stereocenters. The average Bonchev–Trinajstić information content (AvgIpc) is 2.82. The molecule has 1 N–H and O–H groups in total. The molecule has 1 aliphatic heterocycles. The summed E-state index contributed by atoms with van der Waals surface area (Å²) in [5.74, 6) is 0. The quantitative estimate of drug-likeness (QED) is 0.835. The summed E-state index contributed by atoms with van der Waals surface area (Å²) in [6, 6.07) is 3.27. The summed E-state index contributed by atoms with van der Waals surface area (Å²) in [7, 11) is 0. The summed E-state index contributed by atoms with van der Waals surface area (Å²) in [4.78, 5) is 2.59. The van der Waals surface area contributed by atoms with E-state index < -0.39 is 0 Å². The largest absolute Gasteiger partial charge is 0.311 e. The second kappa shape index (κ2) is 6.90. The standard InChI is InChI=1S/C14H26N4/c1-13(2)16-14-6-3-8-17(12-14)9-5-11-18-10-4-7-15-18/h4,7,10,13-14,16H,3,5-6,8-9,11-12H2,1-2H3. The maximum atomic E-state index is 4.24. The fourth-order valence-electron chi connectivity index (χ4n) is 2.76. The van der Waals surface area contributed by atoms with E-state index in [1.165, 1.54) is 38.9 Å². The van der Waals surface area contributed by atoms with Crippen LogP contribution in [-0.2, 0) is 6.54 Å². The Hall–Kier alpha value is -0.870. The van der Waals surface area contributed by atoms with E-state index in [1.807, 2.05) is 23.1 Å². The van der Waals surface area contributed by atoms with Gasteiger partial charge in [-0.1, -0.05) is 13.8 Å². The smallest absolute Gasteiger partial charge is 0.0489 e. The third-order valence-electron chi connectivity index (χ3n) is 3.50. The molecule has 1 unspecified atom stereocenters. The van der Waals surface area contributed by atoms with Crippen LogP contribution in [0.4, 0.5) is 0 Å². The number of nitrogens with one attached hydrogen (secondary N) is 1. The van der Waals surface area contributed by atoms with Crippen molar-refractivity contribution in [2.45, 2.75) is 51.7 Å². The van der Waals surface area contributed by atoms with Gasteiger partial charge in [0.2, 0.25) is 0 Å². The Balaban J connectivity index is 1.66. The molecule has 18 heavy (non-hydrogen) atoms. The van der Waals surface area contributed by atoms with Gasteiger partial charge in [-0.25, -0.2) is 0 Å². The van der Waals surface area contributed by atoms with E-state index in [0.29, 0.717) is 12.1 Å². The Bertz CT molecular complexity index is 321. The lowest BCUT2D eigenvalue weighted by Gasteiger charge is -2.34. The predicted molar refractivity (Wildman–Crippen MR) is 74.6 cm³/mol. The Kier molecular flexibility index (Phi) is 5.20. The molecule has 0 bridgehead atoms. The van der Waals surface area contributed by atoms with Gasteiger partial charge in [-0.05, 0) is 38.4 Å². The molecule has 1 aliphatic rings. The van der Waals surface area contributed by atoms with E-state index in [1.54, 1.807) is 0 Å². The van der Waals surface area contributed by atoms with Crippen LogP contribution in [0, 0.1) is 0 Å². The molecule has 1 saturated heterocycles. The zero-order valence-corrected chi connectivity index (χ0v) is 11.7. The van der Waals surface area contributed by atoms with Crippen molar-refractivity contribution in [1.82, 2.24) is 20.0 Å². The Morgan fingerprint density at radius 2 is 2.28 bits per heavy atom. The van der Waals surface area contributed by atoms with Gasteiger partial charge in [0.1, 0.15) is 0 Å². The molecule has 1 aromatic heterocycles. The molecule has 0 spiro atoms. The number of aromatic nitrogens is 2. The average molecular weight is 250 g/mol. The molecular formula is C14H26N4. The van der Waals surface area contributed by atoms with E-state index in [-0.39, 0.29) is 0 Å². The summed E-state index contributed by atoms with van der Waals surface area (Å²) in [6.07, 6.45) is 7.73. The van der Waals surface area contributed by atoms with E-state index >= 15 is 0 Å². The molecule has 0 aliphatic carbocycles. The lowest BCUT2D eigenvalue weighted by Crippen LogP contribution is -2.48. The van der Waals surface area contributed by atoms with E-state index in [9.17, 15) is 0 Å². The highest BCUT2D eigenvalue weighted by Gasteiger charge is 2.19. The number of aryl methyl sites for hydroxylation is 1. The highest BCUT2D eigenvalue weighted by atomic mass is 15.3. The minimum atomic E-state index is 0.596. The van der Waals surface area contributed by atoms with Crippen molar-refractivity contribution in [2.24, 2.45) is 0 Å². The first-order chi connectivity index (χ1) is 8.74. The lowest BCUT2D eigenvalue weighted by atomic mass is 10.0. The van der Waals surface area contributed by atoms with E-state index in [4.69, 9.17) is 0 Å². The van der Waals surface area contributed by atoms with E-state index in [0.717, 1.165) is 6.54 Å². The molecule has 2 heterocycles. The zero-order chi connectivity index (χ0) is 12.8. The minimum absolute atomic E-state index is 0.596. The topological polar surface area (TPSA) is 33.1 Å². The van der Waals surface area contributed by atoms with Gasteiger partial charge in [0.15, 0.2) is 0 Å². The highest BCUT2D eigenvalue weighted by Crippen LogP contribution is 2.11. The number of hydrogen-bond acceptors (Lipinski definition) is 3. The first kappa shape index (κ1) is 13.6. The summed E-state index contributed by atoms with van der Waals surface area (Å²) in [6.45, 7) is 9.15. The summed E-state index contributed by atoms with van der Waals surface area (Å²) < 4.78 is 2.02. The molecule has 4 heteroatoms. The fourth-order valence-corrected chi connectivity index (χ4v) is 2.76. The summed E-state index contributed by atoms with van der Waals surface area (Å²) >= 11 is 0. The van der Waals surface area contributed by atoms with Crippen molar-refractivity contribution in [2.75, 3.05) is 19.6 Å². The van der Waals surface area contributed by atoms with Crippen LogP contribution in [-0.4, -0.2) is 46.4 Å². The van der Waals surface area contributed by atoms with Crippen molar-refractivity contribution >= 4 is 0 Å². The molecule has 0 aromatic carbocycles.